The zero-order valence-electron chi connectivity index (χ0n) is 14.0. The number of anilines is 1. The molecule has 0 bridgehead atoms. The summed E-state index contributed by atoms with van der Waals surface area (Å²) in [6.07, 6.45) is 0.494. The molecule has 0 spiro atoms. The maximum Gasteiger partial charge on any atom is 0.312 e. The molecule has 2 aromatic rings. The summed E-state index contributed by atoms with van der Waals surface area (Å²) in [7, 11) is 0. The first-order valence-corrected chi connectivity index (χ1v) is 8.61. The molecule has 0 aliphatic rings. The molecule has 8 heteroatoms. The molecule has 0 saturated heterocycles. The fourth-order valence-corrected chi connectivity index (χ4v) is 3.18. The van der Waals surface area contributed by atoms with E-state index in [1.54, 1.807) is 0 Å². The van der Waals surface area contributed by atoms with Crippen LogP contribution in [0.2, 0.25) is 0 Å². The number of amides is 3. The number of rotatable bonds is 7. The van der Waals surface area contributed by atoms with Crippen molar-refractivity contribution in [3.05, 3.63) is 18.2 Å². The molecule has 1 aromatic carbocycles. The van der Waals surface area contributed by atoms with Crippen LogP contribution in [-0.2, 0) is 4.79 Å². The van der Waals surface area contributed by atoms with Crippen LogP contribution in [-0.4, -0.2) is 29.6 Å². The Morgan fingerprint density at radius 3 is 2.75 bits per heavy atom. The van der Waals surface area contributed by atoms with Crippen LogP contribution in [0.1, 0.15) is 27.2 Å². The van der Waals surface area contributed by atoms with E-state index in [1.165, 1.54) is 11.3 Å². The Hall–Kier alpha value is -2.35. The average Bonchev–Trinajstić information content (AvgIpc) is 2.87. The zero-order chi connectivity index (χ0) is 17.7. The number of primary amides is 1. The van der Waals surface area contributed by atoms with E-state index in [0.717, 1.165) is 16.0 Å². The Bertz CT molecular complexity index is 729. The maximum absolute atomic E-state index is 12.4. The van der Waals surface area contributed by atoms with E-state index in [2.05, 4.69) is 15.6 Å². The third kappa shape index (κ3) is 4.82. The first-order chi connectivity index (χ1) is 11.4. The predicted octanol–water partition coefficient (Wildman–Crippen LogP) is 2.72. The molecule has 1 heterocycles. The van der Waals surface area contributed by atoms with Crippen LogP contribution >= 0.6 is 11.3 Å². The molecule has 0 radical (unpaired) electrons. The molecule has 4 N–H and O–H groups in total. The fraction of sp³-hybridized carbons (Fsp3) is 0.438. The Morgan fingerprint density at radius 1 is 1.38 bits per heavy atom. The molecule has 3 amide bonds. The summed E-state index contributed by atoms with van der Waals surface area (Å²) in [4.78, 5) is 27.9. The maximum atomic E-state index is 12.4. The smallest absolute Gasteiger partial charge is 0.312 e. The molecule has 0 saturated carbocycles. The minimum atomic E-state index is -0.721. The van der Waals surface area contributed by atoms with Crippen LogP contribution in [0.25, 0.3) is 10.2 Å². The van der Waals surface area contributed by atoms with Gasteiger partial charge in [-0.25, -0.2) is 9.78 Å². The zero-order valence-corrected chi connectivity index (χ0v) is 14.8. The Labute approximate surface area is 144 Å². The van der Waals surface area contributed by atoms with Gasteiger partial charge in [0.1, 0.15) is 11.8 Å². The van der Waals surface area contributed by atoms with E-state index in [1.807, 2.05) is 39.0 Å². The lowest BCUT2D eigenvalue weighted by Gasteiger charge is -2.18. The minimum absolute atomic E-state index is 0.233. The van der Waals surface area contributed by atoms with Crippen molar-refractivity contribution in [3.63, 3.8) is 0 Å². The van der Waals surface area contributed by atoms with Gasteiger partial charge in [0.05, 0.1) is 16.8 Å². The van der Waals surface area contributed by atoms with Crippen LogP contribution < -0.4 is 21.1 Å². The topological polar surface area (TPSA) is 106 Å². The molecule has 1 atom stereocenters. The fourth-order valence-electron chi connectivity index (χ4n) is 2.28. The molecular formula is C16H22N4O3S. The van der Waals surface area contributed by atoms with Gasteiger partial charge in [-0.2, -0.15) is 0 Å². The van der Waals surface area contributed by atoms with E-state index in [4.69, 9.17) is 10.5 Å². The van der Waals surface area contributed by atoms with Crippen molar-refractivity contribution in [1.82, 2.24) is 10.3 Å². The van der Waals surface area contributed by atoms with E-state index in [-0.39, 0.29) is 11.8 Å². The number of carbonyl (C=O) groups is 2. The second-order valence-corrected chi connectivity index (χ2v) is 6.79. The highest BCUT2D eigenvalue weighted by molar-refractivity contribution is 7.22. The number of aromatic nitrogens is 1. The number of nitrogens with two attached hydrogens (primary N) is 1. The van der Waals surface area contributed by atoms with Gasteiger partial charge in [-0.1, -0.05) is 25.2 Å². The number of benzene rings is 1. The number of carbonyl (C=O) groups excluding carboxylic acids is 2. The first-order valence-electron chi connectivity index (χ1n) is 7.79. The second-order valence-electron chi connectivity index (χ2n) is 5.76. The Morgan fingerprint density at radius 2 is 2.12 bits per heavy atom. The van der Waals surface area contributed by atoms with Crippen LogP contribution in [0.15, 0.2) is 18.2 Å². The van der Waals surface area contributed by atoms with Crippen LogP contribution in [0.4, 0.5) is 9.93 Å². The monoisotopic (exact) mass is 350 g/mol. The summed E-state index contributed by atoms with van der Waals surface area (Å²) in [6.45, 7) is 6.44. The van der Waals surface area contributed by atoms with E-state index < -0.39 is 12.1 Å². The van der Waals surface area contributed by atoms with Crippen LogP contribution in [0, 0.1) is 5.92 Å². The number of nitrogens with zero attached hydrogens (tertiary/aromatic N) is 1. The normalized spacial score (nSPS) is 12.2. The van der Waals surface area contributed by atoms with Gasteiger partial charge in [-0.05, 0) is 37.5 Å². The van der Waals surface area contributed by atoms with Gasteiger partial charge in [-0.15, -0.1) is 0 Å². The number of ether oxygens (including phenoxy) is 1. The van der Waals surface area contributed by atoms with E-state index in [0.29, 0.717) is 18.2 Å². The predicted molar refractivity (Wildman–Crippen MR) is 95.4 cm³/mol. The van der Waals surface area contributed by atoms with Crippen molar-refractivity contribution in [2.24, 2.45) is 11.7 Å². The quantitative estimate of drug-likeness (QED) is 0.713. The number of hydrogen-bond acceptors (Lipinski definition) is 5. The molecule has 24 heavy (non-hydrogen) atoms. The highest BCUT2D eigenvalue weighted by atomic mass is 32.1. The van der Waals surface area contributed by atoms with E-state index >= 15 is 0 Å². The van der Waals surface area contributed by atoms with Gasteiger partial charge >= 0.3 is 6.03 Å². The third-order valence-electron chi connectivity index (χ3n) is 3.24. The summed E-state index contributed by atoms with van der Waals surface area (Å²) in [5, 5.41) is 5.70. The lowest BCUT2D eigenvalue weighted by molar-refractivity contribution is -0.118. The van der Waals surface area contributed by atoms with Gasteiger partial charge in [-0.3, -0.25) is 4.79 Å². The number of thiazole rings is 1. The van der Waals surface area contributed by atoms with Gasteiger partial charge in [0, 0.05) is 0 Å². The highest BCUT2D eigenvalue weighted by Gasteiger charge is 2.22. The van der Waals surface area contributed by atoms with E-state index in [9.17, 15) is 9.59 Å². The van der Waals surface area contributed by atoms with Crippen molar-refractivity contribution in [1.29, 1.82) is 0 Å². The second kappa shape index (κ2) is 7.96. The molecule has 7 nitrogen and oxygen atoms in total. The van der Waals surface area contributed by atoms with Crippen molar-refractivity contribution < 1.29 is 14.3 Å². The van der Waals surface area contributed by atoms with Gasteiger partial charge in [0.2, 0.25) is 5.91 Å². The van der Waals surface area contributed by atoms with Crippen molar-refractivity contribution in [2.45, 2.75) is 33.2 Å². The van der Waals surface area contributed by atoms with Crippen LogP contribution in [0.5, 0.6) is 5.75 Å². The SMILES string of the molecule is CCOc1ccc2nc(NC(=O)[C@@H](CC(C)C)NC(N)=O)sc2c1. The molecule has 1 aromatic heterocycles. The Balaban J connectivity index is 2.14. The lowest BCUT2D eigenvalue weighted by Crippen LogP contribution is -2.46. The van der Waals surface area contributed by atoms with Crippen LogP contribution in [0.3, 0.4) is 0 Å². The molecular weight excluding hydrogens is 328 g/mol. The number of fused-ring (bicyclic) bond motifs is 1. The summed E-state index contributed by atoms with van der Waals surface area (Å²) < 4.78 is 6.38. The lowest BCUT2D eigenvalue weighted by atomic mass is 10.0. The number of urea groups is 1. The molecule has 2 rings (SSSR count). The molecule has 0 unspecified atom stereocenters. The molecule has 0 aliphatic heterocycles. The summed E-state index contributed by atoms with van der Waals surface area (Å²) in [5.41, 5.74) is 5.93. The third-order valence-corrected chi connectivity index (χ3v) is 4.17. The summed E-state index contributed by atoms with van der Waals surface area (Å²) in [5.74, 6) is 0.669. The largest absolute Gasteiger partial charge is 0.494 e. The summed E-state index contributed by atoms with van der Waals surface area (Å²) >= 11 is 1.35. The van der Waals surface area contributed by atoms with Crippen molar-refractivity contribution in [3.8, 4) is 5.75 Å². The van der Waals surface area contributed by atoms with Gasteiger partial charge < -0.3 is 21.1 Å². The molecule has 0 aliphatic carbocycles. The number of hydrogen-bond donors (Lipinski definition) is 3. The minimum Gasteiger partial charge on any atom is -0.494 e. The average molecular weight is 350 g/mol. The van der Waals surface area contributed by atoms with Crippen molar-refractivity contribution >= 4 is 38.6 Å². The van der Waals surface area contributed by atoms with Crippen molar-refractivity contribution in [2.75, 3.05) is 11.9 Å². The summed E-state index contributed by atoms with van der Waals surface area (Å²) in [6, 6.07) is 4.17. The van der Waals surface area contributed by atoms with Gasteiger partial charge in [0.25, 0.3) is 0 Å². The molecule has 0 fully saturated rings. The first kappa shape index (κ1) is 18.0. The standard InChI is InChI=1S/C16H22N4O3S/c1-4-23-10-5-6-11-13(8-10)24-16(19-11)20-14(21)12(7-9(2)3)18-15(17)22/h5-6,8-9,12H,4,7H2,1-3H3,(H3,17,18,22)(H,19,20,21)/t12-/m1/s1. The highest BCUT2D eigenvalue weighted by Crippen LogP contribution is 2.29. The Kier molecular flexibility index (Phi) is 5.97. The van der Waals surface area contributed by atoms with Gasteiger partial charge in [0.15, 0.2) is 5.13 Å². The number of nitrogens with one attached hydrogen (secondary N) is 2. The molecule has 130 valence electrons.